The van der Waals surface area contributed by atoms with Gasteiger partial charge in [0, 0.05) is 41.2 Å². The summed E-state index contributed by atoms with van der Waals surface area (Å²) >= 11 is 13.3. The third kappa shape index (κ3) is 7.05. The second-order valence-corrected chi connectivity index (χ2v) is 13.4. The number of para-hydroxylation sites is 1. The van der Waals surface area contributed by atoms with Gasteiger partial charge in [0.05, 0.1) is 58.7 Å². The molecule has 3 aromatic rings. The van der Waals surface area contributed by atoms with E-state index in [1.54, 1.807) is 42.6 Å². The number of amides is 1. The van der Waals surface area contributed by atoms with Crippen LogP contribution in [0.3, 0.4) is 0 Å². The van der Waals surface area contributed by atoms with E-state index < -0.39 is 17.7 Å². The van der Waals surface area contributed by atoms with Gasteiger partial charge in [0.1, 0.15) is 11.6 Å². The van der Waals surface area contributed by atoms with Crippen LogP contribution in [0.5, 0.6) is 5.75 Å². The van der Waals surface area contributed by atoms with Gasteiger partial charge in [0.2, 0.25) is 0 Å². The van der Waals surface area contributed by atoms with Gasteiger partial charge in [-0.2, -0.15) is 0 Å². The van der Waals surface area contributed by atoms with Crippen LogP contribution in [-0.4, -0.2) is 91.2 Å². The van der Waals surface area contributed by atoms with Crippen molar-refractivity contribution in [2.24, 2.45) is 0 Å². The van der Waals surface area contributed by atoms with Gasteiger partial charge in [-0.25, -0.2) is 9.18 Å². The van der Waals surface area contributed by atoms with E-state index in [1.807, 2.05) is 4.90 Å². The number of hydrogen-bond acceptors (Lipinski definition) is 8. The van der Waals surface area contributed by atoms with Gasteiger partial charge in [0.25, 0.3) is 5.91 Å². The zero-order chi connectivity index (χ0) is 35.5. The molecule has 6 rings (SSSR count). The van der Waals surface area contributed by atoms with E-state index in [0.717, 1.165) is 45.1 Å². The van der Waals surface area contributed by atoms with Crippen molar-refractivity contribution >= 4 is 52.6 Å². The molecule has 3 heterocycles. The number of carbonyl (C=O) groups excluding carboxylic acids is 1. The lowest BCUT2D eigenvalue weighted by molar-refractivity contribution is 0.0101. The fraction of sp³-hybridized carbons (Fsp3) is 0.378. The van der Waals surface area contributed by atoms with E-state index in [9.17, 15) is 14.7 Å². The predicted molar refractivity (Wildman–Crippen MR) is 193 cm³/mol. The van der Waals surface area contributed by atoms with E-state index in [1.165, 1.54) is 11.1 Å². The van der Waals surface area contributed by atoms with Crippen molar-refractivity contribution in [2.45, 2.75) is 45.3 Å². The molecule has 3 N–H and O–H groups in total. The molecule has 0 spiro atoms. The summed E-state index contributed by atoms with van der Waals surface area (Å²) in [6.45, 7) is 8.96. The SMILES string of the molecule is CCN(CC)CCCN/C=C(\C=N)c1cc(Cl)c(C(=O)N2COc3c(cccc3-c3cc(N4C5COCC4C5)c(C(=O)O)cc3F)C2)c(Cl)c1. The number of fused-ring (bicyclic) bond motifs is 3. The average Bonchev–Trinajstić information content (AvgIpc) is 3.11. The maximum absolute atomic E-state index is 15.6. The third-order valence-electron chi connectivity index (χ3n) is 9.64. The first kappa shape index (κ1) is 35.7. The van der Waals surface area contributed by atoms with E-state index in [4.69, 9.17) is 38.1 Å². The average molecular weight is 725 g/mol. The minimum atomic E-state index is -1.20. The minimum absolute atomic E-state index is 0.0374. The first-order valence-corrected chi connectivity index (χ1v) is 17.5. The summed E-state index contributed by atoms with van der Waals surface area (Å²) in [5.41, 5.74) is 2.93. The number of morpholine rings is 1. The Bertz CT molecular complexity index is 1800. The molecular weight excluding hydrogens is 684 g/mol. The Morgan fingerprint density at radius 1 is 1.10 bits per heavy atom. The number of carboxylic acid groups (broad SMARTS) is 1. The number of ether oxygens (including phenoxy) is 2. The number of carboxylic acids is 1. The Morgan fingerprint density at radius 3 is 2.46 bits per heavy atom. The zero-order valence-corrected chi connectivity index (χ0v) is 29.5. The summed E-state index contributed by atoms with van der Waals surface area (Å²) in [5, 5.41) is 21.4. The zero-order valence-electron chi connectivity index (χ0n) is 28.0. The monoisotopic (exact) mass is 723 g/mol. The normalized spacial score (nSPS) is 18.3. The quantitative estimate of drug-likeness (QED) is 0.131. The summed E-state index contributed by atoms with van der Waals surface area (Å²) in [6.07, 6.45) is 4.80. The Hall–Kier alpha value is -4.16. The number of anilines is 1. The molecule has 13 heteroatoms. The highest BCUT2D eigenvalue weighted by atomic mass is 35.5. The molecule has 3 aliphatic rings. The maximum Gasteiger partial charge on any atom is 0.337 e. The molecule has 10 nitrogen and oxygen atoms in total. The Balaban J connectivity index is 1.20. The Kier molecular flexibility index (Phi) is 11.0. The number of hydrogen-bond donors (Lipinski definition) is 3. The second kappa shape index (κ2) is 15.4. The second-order valence-electron chi connectivity index (χ2n) is 12.6. The fourth-order valence-corrected chi connectivity index (χ4v) is 7.59. The number of carbonyl (C=O) groups is 2. The number of halogens is 3. The maximum atomic E-state index is 15.6. The molecule has 2 fully saturated rings. The number of aromatic carboxylic acids is 1. The van der Waals surface area contributed by atoms with Gasteiger partial charge in [-0.05, 0) is 62.3 Å². The van der Waals surface area contributed by atoms with Crippen LogP contribution in [0.1, 0.15) is 58.5 Å². The number of nitrogens with one attached hydrogen (secondary N) is 2. The van der Waals surface area contributed by atoms with Crippen molar-refractivity contribution in [3.8, 4) is 16.9 Å². The van der Waals surface area contributed by atoms with Crippen LogP contribution in [0.2, 0.25) is 10.0 Å². The van der Waals surface area contributed by atoms with Gasteiger partial charge in [-0.1, -0.05) is 55.2 Å². The lowest BCUT2D eigenvalue weighted by Gasteiger charge is -2.54. The van der Waals surface area contributed by atoms with Crippen molar-refractivity contribution in [3.63, 3.8) is 0 Å². The molecule has 0 saturated carbocycles. The molecular formula is C37H40Cl2FN5O5. The smallest absolute Gasteiger partial charge is 0.337 e. The summed E-state index contributed by atoms with van der Waals surface area (Å²) in [5.74, 6) is -1.92. The molecule has 2 atom stereocenters. The molecule has 2 unspecified atom stereocenters. The molecule has 50 heavy (non-hydrogen) atoms. The summed E-state index contributed by atoms with van der Waals surface area (Å²) in [7, 11) is 0. The topological polar surface area (TPSA) is 118 Å². The van der Waals surface area contributed by atoms with E-state index in [0.29, 0.717) is 46.9 Å². The first-order chi connectivity index (χ1) is 24.1. The van der Waals surface area contributed by atoms with Crippen molar-refractivity contribution in [3.05, 3.63) is 86.8 Å². The van der Waals surface area contributed by atoms with Crippen LogP contribution in [-0.2, 0) is 11.3 Å². The summed E-state index contributed by atoms with van der Waals surface area (Å²) < 4.78 is 27.3. The first-order valence-electron chi connectivity index (χ1n) is 16.8. The van der Waals surface area contributed by atoms with Crippen LogP contribution in [0.4, 0.5) is 10.1 Å². The van der Waals surface area contributed by atoms with Gasteiger partial charge in [0.15, 0.2) is 6.73 Å². The van der Waals surface area contributed by atoms with Crippen molar-refractivity contribution in [2.75, 3.05) is 51.0 Å². The number of allylic oxidation sites excluding steroid dienone is 1. The fourth-order valence-electron chi connectivity index (χ4n) is 6.94. The van der Waals surface area contributed by atoms with E-state index >= 15 is 4.39 Å². The molecule has 3 aliphatic heterocycles. The highest BCUT2D eigenvalue weighted by molar-refractivity contribution is 6.40. The lowest BCUT2D eigenvalue weighted by atomic mass is 9.88. The molecule has 3 aromatic carbocycles. The highest BCUT2D eigenvalue weighted by Crippen LogP contribution is 2.44. The molecule has 0 aromatic heterocycles. The van der Waals surface area contributed by atoms with Gasteiger partial charge >= 0.3 is 5.97 Å². The number of benzene rings is 3. The molecule has 1 amide bonds. The molecule has 0 aliphatic carbocycles. The molecule has 0 radical (unpaired) electrons. The van der Waals surface area contributed by atoms with E-state index in [-0.39, 0.29) is 52.1 Å². The van der Waals surface area contributed by atoms with Gasteiger partial charge < -0.3 is 40.0 Å². The van der Waals surface area contributed by atoms with Crippen molar-refractivity contribution < 1.29 is 28.6 Å². The van der Waals surface area contributed by atoms with Crippen LogP contribution in [0.25, 0.3) is 16.7 Å². The molecule has 264 valence electrons. The Labute approximate surface area is 300 Å². The minimum Gasteiger partial charge on any atom is -0.478 e. The number of nitrogens with zero attached hydrogens (tertiary/aromatic N) is 3. The highest BCUT2D eigenvalue weighted by Gasteiger charge is 2.44. The molecule has 2 saturated heterocycles. The van der Waals surface area contributed by atoms with Crippen LogP contribution < -0.4 is 15.0 Å². The predicted octanol–water partition coefficient (Wildman–Crippen LogP) is 6.78. The largest absolute Gasteiger partial charge is 0.478 e. The van der Waals surface area contributed by atoms with Gasteiger partial charge in [-0.15, -0.1) is 0 Å². The summed E-state index contributed by atoms with van der Waals surface area (Å²) in [4.78, 5) is 31.7. The Morgan fingerprint density at radius 2 is 1.82 bits per heavy atom. The standard InChI is InChI=1S/C37H40Cl2FN5O5/c1-3-43(4-2)10-6-9-42-17-24(16-41)23-11-30(38)34(31(39)12-23)36(46)44-18-22-7-5-8-27(35(22)50-21-44)28-15-33(29(37(47)48)14-32(28)40)45-25-13-26(45)20-49-19-25/h5,7-8,11-12,14-17,25-26,41-42H,3-4,6,9-10,13,18-21H2,1-2H3,(H,47,48)/b24-17+,41-16?. The third-order valence-corrected chi connectivity index (χ3v) is 10.2. The number of rotatable bonds is 13. The van der Waals surface area contributed by atoms with Crippen molar-refractivity contribution in [1.29, 1.82) is 5.41 Å². The van der Waals surface area contributed by atoms with Crippen LogP contribution in [0, 0.1) is 11.2 Å². The molecule has 2 bridgehead atoms. The van der Waals surface area contributed by atoms with Crippen LogP contribution >= 0.6 is 23.2 Å². The van der Waals surface area contributed by atoms with Crippen molar-refractivity contribution in [1.82, 2.24) is 15.1 Å². The summed E-state index contributed by atoms with van der Waals surface area (Å²) in [6, 6.07) is 11.2. The van der Waals surface area contributed by atoms with E-state index in [2.05, 4.69) is 24.1 Å². The van der Waals surface area contributed by atoms with Gasteiger partial charge in [-0.3, -0.25) is 4.79 Å². The van der Waals surface area contributed by atoms with Crippen LogP contribution in [0.15, 0.2) is 48.7 Å². The lowest BCUT2D eigenvalue weighted by Crippen LogP contribution is -2.64.